The molecule has 0 bridgehead atoms. The van der Waals surface area contributed by atoms with E-state index in [1.165, 1.54) is 16.8 Å². The lowest BCUT2D eigenvalue weighted by molar-refractivity contribution is -0.480. The third-order valence-corrected chi connectivity index (χ3v) is 3.98. The number of benzene rings is 2. The Labute approximate surface area is 137 Å². The molecule has 122 valence electrons. The summed E-state index contributed by atoms with van der Waals surface area (Å²) in [6.07, 6.45) is 3.69. The zero-order valence-electron chi connectivity index (χ0n) is 13.6. The summed E-state index contributed by atoms with van der Waals surface area (Å²) in [6, 6.07) is 18.8. The van der Waals surface area contributed by atoms with Crippen molar-refractivity contribution in [3.63, 3.8) is 0 Å². The molecule has 0 aliphatic rings. The SMILES string of the molecule is CN(CCCCCC[N+](=O)[O-])c1ccccc1-c1ccccc1. The second-order valence-corrected chi connectivity index (χ2v) is 5.78. The molecule has 0 N–H and O–H groups in total. The lowest BCUT2D eigenvalue weighted by atomic mass is 10.0. The first-order chi connectivity index (χ1) is 11.2. The standard InChI is InChI=1S/C19H24N2O2/c1-20(15-9-2-3-10-16-21(22)23)19-14-8-7-13-18(19)17-11-5-4-6-12-17/h4-8,11-14H,2-3,9-10,15-16H2,1H3. The summed E-state index contributed by atoms with van der Waals surface area (Å²) in [6.45, 7) is 1.05. The van der Waals surface area contributed by atoms with Crippen LogP contribution in [0.2, 0.25) is 0 Å². The van der Waals surface area contributed by atoms with Crippen LogP contribution in [0.1, 0.15) is 25.7 Å². The van der Waals surface area contributed by atoms with Gasteiger partial charge in [-0.25, -0.2) is 0 Å². The van der Waals surface area contributed by atoms with Crippen LogP contribution in [0.5, 0.6) is 0 Å². The van der Waals surface area contributed by atoms with Gasteiger partial charge in [0.05, 0.1) is 0 Å². The quantitative estimate of drug-likeness (QED) is 0.385. The smallest absolute Gasteiger partial charge is 0.203 e. The van der Waals surface area contributed by atoms with E-state index in [9.17, 15) is 10.1 Å². The van der Waals surface area contributed by atoms with E-state index < -0.39 is 0 Å². The minimum atomic E-state index is -0.234. The number of nitro groups is 1. The highest BCUT2D eigenvalue weighted by molar-refractivity contribution is 5.78. The first-order valence-corrected chi connectivity index (χ1v) is 8.16. The van der Waals surface area contributed by atoms with Crippen LogP contribution in [-0.2, 0) is 0 Å². The maximum absolute atomic E-state index is 10.3. The van der Waals surface area contributed by atoms with Crippen LogP contribution in [0.15, 0.2) is 54.6 Å². The van der Waals surface area contributed by atoms with E-state index in [-0.39, 0.29) is 11.5 Å². The van der Waals surface area contributed by atoms with Crippen molar-refractivity contribution in [2.24, 2.45) is 0 Å². The number of para-hydroxylation sites is 1. The van der Waals surface area contributed by atoms with E-state index in [2.05, 4.69) is 60.5 Å². The molecule has 4 heteroatoms. The molecule has 23 heavy (non-hydrogen) atoms. The number of nitrogens with zero attached hydrogens (tertiary/aromatic N) is 2. The summed E-state index contributed by atoms with van der Waals surface area (Å²) in [7, 11) is 2.11. The molecule has 4 nitrogen and oxygen atoms in total. The molecule has 0 spiro atoms. The van der Waals surface area contributed by atoms with E-state index in [4.69, 9.17) is 0 Å². The molecule has 0 fully saturated rings. The second kappa shape index (κ2) is 8.93. The summed E-state index contributed by atoms with van der Waals surface area (Å²) < 4.78 is 0. The first-order valence-electron chi connectivity index (χ1n) is 8.16. The molecular weight excluding hydrogens is 288 g/mol. The van der Waals surface area contributed by atoms with Gasteiger partial charge in [-0.1, -0.05) is 55.0 Å². The van der Waals surface area contributed by atoms with Crippen molar-refractivity contribution in [3.8, 4) is 11.1 Å². The molecule has 0 unspecified atom stereocenters. The van der Waals surface area contributed by atoms with Gasteiger partial charge in [-0.05, 0) is 24.5 Å². The minimum Gasteiger partial charge on any atom is -0.374 e. The first kappa shape index (κ1) is 17.0. The van der Waals surface area contributed by atoms with Crippen LogP contribution >= 0.6 is 0 Å². The molecule has 0 aliphatic heterocycles. The Morgan fingerprint density at radius 2 is 1.57 bits per heavy atom. The van der Waals surface area contributed by atoms with Crippen molar-refractivity contribution in [1.82, 2.24) is 0 Å². The Morgan fingerprint density at radius 3 is 2.30 bits per heavy atom. The topological polar surface area (TPSA) is 46.4 Å². The van der Waals surface area contributed by atoms with Crippen LogP contribution in [0.4, 0.5) is 5.69 Å². The predicted molar refractivity (Wildman–Crippen MR) is 95.5 cm³/mol. The molecule has 0 saturated carbocycles. The molecular formula is C19H24N2O2. The van der Waals surface area contributed by atoms with Crippen molar-refractivity contribution in [1.29, 1.82) is 0 Å². The maximum atomic E-state index is 10.3. The maximum Gasteiger partial charge on any atom is 0.203 e. The van der Waals surface area contributed by atoms with Gasteiger partial charge >= 0.3 is 0 Å². The van der Waals surface area contributed by atoms with Gasteiger partial charge in [-0.3, -0.25) is 10.1 Å². The van der Waals surface area contributed by atoms with Crippen LogP contribution in [0.25, 0.3) is 11.1 Å². The van der Waals surface area contributed by atoms with Gasteiger partial charge in [0.1, 0.15) is 0 Å². The Morgan fingerprint density at radius 1 is 0.913 bits per heavy atom. The van der Waals surface area contributed by atoms with E-state index in [1.807, 2.05) is 6.07 Å². The summed E-state index contributed by atoms with van der Waals surface area (Å²) in [5.74, 6) is 0. The number of hydrogen-bond acceptors (Lipinski definition) is 3. The zero-order valence-corrected chi connectivity index (χ0v) is 13.6. The number of anilines is 1. The Kier molecular flexibility index (Phi) is 6.60. The van der Waals surface area contributed by atoms with Gasteiger partial charge in [-0.2, -0.15) is 0 Å². The molecule has 0 aliphatic carbocycles. The van der Waals surface area contributed by atoms with Gasteiger partial charge in [0.25, 0.3) is 0 Å². The number of rotatable bonds is 9. The Hall–Kier alpha value is -2.36. The molecule has 2 aromatic carbocycles. The summed E-state index contributed by atoms with van der Waals surface area (Å²) in [5.41, 5.74) is 3.69. The molecule has 0 heterocycles. The summed E-state index contributed by atoms with van der Waals surface area (Å²) in [5, 5.41) is 10.3. The fourth-order valence-corrected chi connectivity index (χ4v) is 2.73. The van der Waals surface area contributed by atoms with Gasteiger partial charge in [0, 0.05) is 36.2 Å². The second-order valence-electron chi connectivity index (χ2n) is 5.78. The summed E-state index contributed by atoms with van der Waals surface area (Å²) >= 11 is 0. The highest BCUT2D eigenvalue weighted by Gasteiger charge is 2.08. The predicted octanol–water partition coefficient (Wildman–Crippen LogP) is 4.63. The third-order valence-electron chi connectivity index (χ3n) is 3.98. The van der Waals surface area contributed by atoms with Gasteiger partial charge in [0.15, 0.2) is 0 Å². The molecule has 0 radical (unpaired) electrons. The average Bonchev–Trinajstić information content (AvgIpc) is 2.58. The van der Waals surface area contributed by atoms with Gasteiger partial charge in [0.2, 0.25) is 6.54 Å². The van der Waals surface area contributed by atoms with E-state index in [0.29, 0.717) is 6.42 Å². The molecule has 2 aromatic rings. The van der Waals surface area contributed by atoms with Crippen LogP contribution in [-0.4, -0.2) is 25.1 Å². The molecule has 0 atom stereocenters. The molecule has 0 amide bonds. The van der Waals surface area contributed by atoms with E-state index in [1.54, 1.807) is 0 Å². The lowest BCUT2D eigenvalue weighted by Crippen LogP contribution is -2.19. The fraction of sp³-hybridized carbons (Fsp3) is 0.368. The number of unbranched alkanes of at least 4 members (excludes halogenated alkanes) is 3. The van der Waals surface area contributed by atoms with Crippen molar-refractivity contribution >= 4 is 5.69 Å². The minimum absolute atomic E-state index is 0.0900. The largest absolute Gasteiger partial charge is 0.374 e. The summed E-state index contributed by atoms with van der Waals surface area (Å²) in [4.78, 5) is 12.3. The molecule has 2 rings (SSSR count). The van der Waals surface area contributed by atoms with Crippen molar-refractivity contribution < 1.29 is 4.92 Å². The normalized spacial score (nSPS) is 10.5. The Bertz CT molecular complexity index is 614. The van der Waals surface area contributed by atoms with Crippen molar-refractivity contribution in [2.75, 3.05) is 25.0 Å². The van der Waals surface area contributed by atoms with Crippen LogP contribution in [0.3, 0.4) is 0 Å². The lowest BCUT2D eigenvalue weighted by Gasteiger charge is -2.22. The average molecular weight is 312 g/mol. The van der Waals surface area contributed by atoms with Gasteiger partial charge < -0.3 is 4.90 Å². The molecule has 0 saturated heterocycles. The van der Waals surface area contributed by atoms with Gasteiger partial charge in [-0.15, -0.1) is 0 Å². The van der Waals surface area contributed by atoms with E-state index in [0.717, 1.165) is 25.8 Å². The van der Waals surface area contributed by atoms with Crippen LogP contribution < -0.4 is 4.90 Å². The highest BCUT2D eigenvalue weighted by atomic mass is 16.6. The Balaban J connectivity index is 1.90. The highest BCUT2D eigenvalue weighted by Crippen LogP contribution is 2.30. The van der Waals surface area contributed by atoms with E-state index >= 15 is 0 Å². The van der Waals surface area contributed by atoms with Crippen LogP contribution in [0, 0.1) is 10.1 Å². The fourth-order valence-electron chi connectivity index (χ4n) is 2.73. The third kappa shape index (κ3) is 5.40. The molecule has 0 aromatic heterocycles. The van der Waals surface area contributed by atoms with Crippen molar-refractivity contribution in [2.45, 2.75) is 25.7 Å². The number of hydrogen-bond donors (Lipinski definition) is 0. The van der Waals surface area contributed by atoms with Crippen molar-refractivity contribution in [3.05, 3.63) is 64.7 Å². The zero-order chi connectivity index (χ0) is 16.5. The monoisotopic (exact) mass is 312 g/mol.